The van der Waals surface area contributed by atoms with Gasteiger partial charge in [-0.2, -0.15) is 0 Å². The van der Waals surface area contributed by atoms with Gasteiger partial charge in [0.15, 0.2) is 5.82 Å². The molecule has 3 aromatic rings. The summed E-state index contributed by atoms with van der Waals surface area (Å²) in [5.74, 6) is 0.915. The molecule has 2 N–H and O–H groups in total. The van der Waals surface area contributed by atoms with E-state index in [0.29, 0.717) is 23.1 Å². The summed E-state index contributed by atoms with van der Waals surface area (Å²) >= 11 is 0. The number of amides is 1. The fourth-order valence-electron chi connectivity index (χ4n) is 2.16. The Morgan fingerprint density at radius 2 is 2.08 bits per heavy atom. The number of carbonyl (C=O) groups excluding carboxylic acids is 1. The van der Waals surface area contributed by atoms with E-state index in [1.54, 1.807) is 31.5 Å². The molecule has 0 fully saturated rings. The predicted octanol–water partition coefficient (Wildman–Crippen LogP) is 2.47. The van der Waals surface area contributed by atoms with Crippen LogP contribution in [0, 0.1) is 5.82 Å². The summed E-state index contributed by atoms with van der Waals surface area (Å²) in [4.78, 5) is 16.0. The Kier molecular flexibility index (Phi) is 4.89. The lowest BCUT2D eigenvalue weighted by atomic mass is 10.3. The van der Waals surface area contributed by atoms with Crippen molar-refractivity contribution < 1.29 is 13.9 Å². The van der Waals surface area contributed by atoms with Gasteiger partial charge < -0.3 is 15.4 Å². The number of ether oxygens (including phenoxy) is 1. The van der Waals surface area contributed by atoms with Crippen LogP contribution >= 0.6 is 0 Å². The van der Waals surface area contributed by atoms with Crippen molar-refractivity contribution in [1.82, 2.24) is 14.8 Å². The summed E-state index contributed by atoms with van der Waals surface area (Å²) in [6.07, 6.45) is 2.78. The zero-order valence-electron chi connectivity index (χ0n) is 13.4. The molecule has 0 aliphatic rings. The van der Waals surface area contributed by atoms with E-state index in [0.717, 1.165) is 6.20 Å². The third kappa shape index (κ3) is 4.11. The predicted molar refractivity (Wildman–Crippen MR) is 91.4 cm³/mol. The van der Waals surface area contributed by atoms with Crippen LogP contribution < -0.4 is 15.4 Å². The first-order valence-electron chi connectivity index (χ1n) is 7.50. The fourth-order valence-corrected chi connectivity index (χ4v) is 2.16. The molecule has 0 unspecified atom stereocenters. The van der Waals surface area contributed by atoms with Crippen LogP contribution in [-0.2, 0) is 4.79 Å². The Morgan fingerprint density at radius 1 is 1.24 bits per heavy atom. The molecule has 0 saturated carbocycles. The van der Waals surface area contributed by atoms with Crippen LogP contribution in [0.15, 0.2) is 54.9 Å². The zero-order chi connectivity index (χ0) is 17.6. The molecular weight excluding hydrogens is 325 g/mol. The van der Waals surface area contributed by atoms with Gasteiger partial charge in [-0.15, -0.1) is 5.10 Å². The monoisotopic (exact) mass is 341 g/mol. The van der Waals surface area contributed by atoms with Gasteiger partial charge in [0, 0.05) is 12.3 Å². The van der Waals surface area contributed by atoms with Gasteiger partial charge in [-0.1, -0.05) is 12.1 Å². The second kappa shape index (κ2) is 7.43. The number of hydrogen-bond donors (Lipinski definition) is 2. The maximum atomic E-state index is 12.9. The number of para-hydroxylation sites is 2. The van der Waals surface area contributed by atoms with E-state index < -0.39 is 5.82 Å². The minimum atomic E-state index is -0.415. The molecule has 7 nitrogen and oxygen atoms in total. The summed E-state index contributed by atoms with van der Waals surface area (Å²) in [6, 6.07) is 11.7. The lowest BCUT2D eigenvalue weighted by molar-refractivity contribution is -0.114. The summed E-state index contributed by atoms with van der Waals surface area (Å²) in [7, 11) is 1.54. The number of methoxy groups -OCH3 is 1. The molecule has 0 bridgehead atoms. The van der Waals surface area contributed by atoms with Crippen molar-refractivity contribution in [3.05, 3.63) is 60.7 Å². The number of hydrogen-bond acceptors (Lipinski definition) is 5. The van der Waals surface area contributed by atoms with E-state index in [2.05, 4.69) is 20.7 Å². The molecule has 1 amide bonds. The fraction of sp³-hybridized carbons (Fsp3) is 0.118. The Bertz CT molecular complexity index is 863. The average molecular weight is 341 g/mol. The van der Waals surface area contributed by atoms with Crippen LogP contribution in [0.25, 0.3) is 5.82 Å². The van der Waals surface area contributed by atoms with E-state index in [9.17, 15) is 9.18 Å². The van der Waals surface area contributed by atoms with E-state index in [-0.39, 0.29) is 12.5 Å². The molecule has 8 heteroatoms. The molecular formula is C17H16FN5O2. The summed E-state index contributed by atoms with van der Waals surface area (Å²) in [5, 5.41) is 9.92. The number of anilines is 2. The lowest BCUT2D eigenvalue weighted by Gasteiger charge is -2.10. The number of rotatable bonds is 6. The smallest absolute Gasteiger partial charge is 0.243 e. The number of nitrogens with one attached hydrogen (secondary N) is 2. The quantitative estimate of drug-likeness (QED) is 0.720. The topological polar surface area (TPSA) is 81.1 Å². The van der Waals surface area contributed by atoms with E-state index in [4.69, 9.17) is 4.74 Å². The molecule has 1 aromatic carbocycles. The molecule has 0 saturated heterocycles. The maximum absolute atomic E-state index is 12.9. The summed E-state index contributed by atoms with van der Waals surface area (Å²) in [5.41, 5.74) is 0.595. The van der Waals surface area contributed by atoms with E-state index in [1.165, 1.54) is 16.8 Å². The number of pyridine rings is 1. The molecule has 2 heterocycles. The van der Waals surface area contributed by atoms with Gasteiger partial charge in [0.1, 0.15) is 17.4 Å². The standard InChI is InChI=1S/C17H16FN5O2/c1-25-14-5-3-2-4-13(14)21-17(24)11-19-15-8-9-23(22-15)16-7-6-12(18)10-20-16/h2-10H,11H2,1H3,(H,19,22)(H,21,24). The van der Waals surface area contributed by atoms with Crippen LogP contribution in [-0.4, -0.2) is 34.3 Å². The summed E-state index contributed by atoms with van der Waals surface area (Å²) in [6.45, 7) is 0.0336. The van der Waals surface area contributed by atoms with E-state index in [1.807, 2.05) is 12.1 Å². The van der Waals surface area contributed by atoms with Gasteiger partial charge in [-0.05, 0) is 24.3 Å². The number of nitrogens with zero attached hydrogens (tertiary/aromatic N) is 3. The van der Waals surface area contributed by atoms with Gasteiger partial charge >= 0.3 is 0 Å². The third-order valence-electron chi connectivity index (χ3n) is 3.35. The van der Waals surface area contributed by atoms with Crippen molar-refractivity contribution >= 4 is 17.4 Å². The molecule has 25 heavy (non-hydrogen) atoms. The number of aromatic nitrogens is 3. The highest BCUT2D eigenvalue weighted by Crippen LogP contribution is 2.22. The van der Waals surface area contributed by atoms with Crippen molar-refractivity contribution in [2.24, 2.45) is 0 Å². The molecule has 0 radical (unpaired) electrons. The van der Waals surface area contributed by atoms with Gasteiger partial charge in [-0.25, -0.2) is 14.1 Å². The van der Waals surface area contributed by atoms with Crippen LogP contribution in [0.5, 0.6) is 5.75 Å². The highest BCUT2D eigenvalue weighted by molar-refractivity contribution is 5.94. The minimum Gasteiger partial charge on any atom is -0.495 e. The molecule has 3 rings (SSSR count). The molecule has 0 spiro atoms. The van der Waals surface area contributed by atoms with Crippen molar-refractivity contribution in [2.75, 3.05) is 24.3 Å². The first kappa shape index (κ1) is 16.4. The average Bonchev–Trinajstić information content (AvgIpc) is 3.10. The lowest BCUT2D eigenvalue weighted by Crippen LogP contribution is -2.22. The van der Waals surface area contributed by atoms with Gasteiger partial charge in [0.25, 0.3) is 0 Å². The second-order valence-electron chi connectivity index (χ2n) is 5.08. The van der Waals surface area contributed by atoms with Crippen molar-refractivity contribution in [3.8, 4) is 11.6 Å². The largest absolute Gasteiger partial charge is 0.495 e. The zero-order valence-corrected chi connectivity index (χ0v) is 13.4. The van der Waals surface area contributed by atoms with Crippen LogP contribution in [0.1, 0.15) is 0 Å². The summed E-state index contributed by atoms with van der Waals surface area (Å²) < 4.78 is 19.6. The Morgan fingerprint density at radius 3 is 2.84 bits per heavy atom. The van der Waals surface area contributed by atoms with Gasteiger partial charge in [0.05, 0.1) is 25.5 Å². The number of benzene rings is 1. The normalized spacial score (nSPS) is 10.3. The molecule has 0 aliphatic carbocycles. The molecule has 0 aliphatic heterocycles. The Labute approximate surface area is 143 Å². The second-order valence-corrected chi connectivity index (χ2v) is 5.08. The van der Waals surface area contributed by atoms with Crippen molar-refractivity contribution in [3.63, 3.8) is 0 Å². The number of halogens is 1. The molecule has 128 valence electrons. The van der Waals surface area contributed by atoms with Crippen LogP contribution in [0.3, 0.4) is 0 Å². The highest BCUT2D eigenvalue weighted by atomic mass is 19.1. The van der Waals surface area contributed by atoms with Gasteiger partial charge in [-0.3, -0.25) is 4.79 Å². The van der Waals surface area contributed by atoms with Gasteiger partial charge in [0.2, 0.25) is 5.91 Å². The van der Waals surface area contributed by atoms with Crippen LogP contribution in [0.4, 0.5) is 15.9 Å². The first-order chi connectivity index (χ1) is 12.2. The minimum absolute atomic E-state index is 0.0336. The first-order valence-corrected chi connectivity index (χ1v) is 7.50. The SMILES string of the molecule is COc1ccccc1NC(=O)CNc1ccn(-c2ccc(F)cn2)n1. The maximum Gasteiger partial charge on any atom is 0.243 e. The third-order valence-corrected chi connectivity index (χ3v) is 3.35. The number of carbonyl (C=O) groups is 1. The molecule has 0 atom stereocenters. The van der Waals surface area contributed by atoms with Crippen LogP contribution in [0.2, 0.25) is 0 Å². The highest BCUT2D eigenvalue weighted by Gasteiger charge is 2.08. The molecule has 2 aromatic heterocycles. The Hall–Kier alpha value is -3.42. The Balaban J connectivity index is 1.58. The van der Waals surface area contributed by atoms with Crippen molar-refractivity contribution in [2.45, 2.75) is 0 Å². The van der Waals surface area contributed by atoms with Crippen molar-refractivity contribution in [1.29, 1.82) is 0 Å². The van der Waals surface area contributed by atoms with E-state index >= 15 is 0 Å².